The predicted molar refractivity (Wildman–Crippen MR) is 78.2 cm³/mol. The molecule has 1 unspecified atom stereocenters. The second-order valence-electron chi connectivity index (χ2n) is 4.10. The molecular formula is C11H14ClN5OS. The Kier molecular flexibility index (Phi) is 4.39. The van der Waals surface area contributed by atoms with Crippen LogP contribution in [0.25, 0.3) is 11.0 Å². The average molecular weight is 300 g/mol. The van der Waals surface area contributed by atoms with E-state index >= 15 is 0 Å². The number of hydrogen-bond donors (Lipinski definition) is 3. The van der Waals surface area contributed by atoms with E-state index in [2.05, 4.69) is 19.2 Å². The van der Waals surface area contributed by atoms with Crippen molar-refractivity contribution in [2.24, 2.45) is 10.9 Å². The van der Waals surface area contributed by atoms with Crippen LogP contribution in [0.5, 0.6) is 0 Å². The smallest absolute Gasteiger partial charge is 0.141 e. The Hall–Kier alpha value is -1.60. The molecule has 19 heavy (non-hydrogen) atoms. The Morgan fingerprint density at radius 3 is 3.05 bits per heavy atom. The normalized spacial score (nSPS) is 13.7. The first-order valence-electron chi connectivity index (χ1n) is 5.79. The van der Waals surface area contributed by atoms with E-state index in [1.54, 1.807) is 6.07 Å². The summed E-state index contributed by atoms with van der Waals surface area (Å²) in [4.78, 5) is 0. The zero-order valence-electron chi connectivity index (χ0n) is 10.3. The van der Waals surface area contributed by atoms with E-state index in [1.807, 2.05) is 13.0 Å². The molecule has 0 radical (unpaired) electrons. The van der Waals surface area contributed by atoms with Gasteiger partial charge in [-0.25, -0.2) is 0 Å². The molecule has 0 amide bonds. The Labute approximate surface area is 119 Å². The van der Waals surface area contributed by atoms with E-state index in [1.165, 1.54) is 0 Å². The highest BCUT2D eigenvalue weighted by Gasteiger charge is 2.15. The van der Waals surface area contributed by atoms with Gasteiger partial charge < -0.3 is 16.3 Å². The Morgan fingerprint density at radius 1 is 1.58 bits per heavy atom. The average Bonchev–Trinajstić information content (AvgIpc) is 2.89. The van der Waals surface area contributed by atoms with E-state index in [9.17, 15) is 0 Å². The predicted octanol–water partition coefficient (Wildman–Crippen LogP) is 2.67. The molecule has 0 saturated carbocycles. The molecule has 0 saturated heterocycles. The van der Waals surface area contributed by atoms with Gasteiger partial charge in [0.2, 0.25) is 0 Å². The first-order valence-corrected chi connectivity index (χ1v) is 6.90. The molecular weight excluding hydrogens is 286 g/mol. The van der Waals surface area contributed by atoms with E-state index in [-0.39, 0.29) is 11.9 Å². The lowest BCUT2D eigenvalue weighted by molar-refractivity contribution is 0.316. The van der Waals surface area contributed by atoms with Crippen LogP contribution in [0.15, 0.2) is 17.3 Å². The lowest BCUT2D eigenvalue weighted by atomic mass is 10.1. The topological polar surface area (TPSA) is 96.4 Å². The van der Waals surface area contributed by atoms with Gasteiger partial charge in [0.25, 0.3) is 0 Å². The van der Waals surface area contributed by atoms with Gasteiger partial charge in [0.15, 0.2) is 0 Å². The third-order valence-corrected chi connectivity index (χ3v) is 3.66. The van der Waals surface area contributed by atoms with E-state index in [0.717, 1.165) is 34.9 Å². The number of nitrogens with two attached hydrogens (primary N) is 1. The molecule has 1 aromatic carbocycles. The van der Waals surface area contributed by atoms with Crippen molar-refractivity contribution in [1.29, 1.82) is 0 Å². The zero-order valence-corrected chi connectivity index (χ0v) is 11.9. The Balaban J connectivity index is 2.28. The number of aromatic nitrogens is 2. The summed E-state index contributed by atoms with van der Waals surface area (Å²) in [6.45, 7) is 2.01. The van der Waals surface area contributed by atoms with Gasteiger partial charge in [0, 0.05) is 12.5 Å². The van der Waals surface area contributed by atoms with Crippen LogP contribution in [0.1, 0.15) is 19.8 Å². The molecule has 0 aliphatic carbocycles. The Morgan fingerprint density at radius 2 is 2.37 bits per heavy atom. The van der Waals surface area contributed by atoms with Crippen molar-refractivity contribution >= 4 is 45.9 Å². The third-order valence-electron chi connectivity index (χ3n) is 2.80. The van der Waals surface area contributed by atoms with Crippen molar-refractivity contribution < 1.29 is 5.21 Å². The quantitative estimate of drug-likeness (QED) is 0.341. The van der Waals surface area contributed by atoms with Crippen LogP contribution in [0.2, 0.25) is 5.02 Å². The lowest BCUT2D eigenvalue weighted by Crippen LogP contribution is -2.26. The van der Waals surface area contributed by atoms with Gasteiger partial charge in [0.05, 0.1) is 22.4 Å². The van der Waals surface area contributed by atoms with Crippen LogP contribution in [0.4, 0.5) is 5.69 Å². The molecule has 1 heterocycles. The number of oxime groups is 1. The summed E-state index contributed by atoms with van der Waals surface area (Å²) in [6.07, 6.45) is 1.23. The van der Waals surface area contributed by atoms with Gasteiger partial charge in [0.1, 0.15) is 16.9 Å². The number of benzene rings is 1. The van der Waals surface area contributed by atoms with Crippen molar-refractivity contribution in [2.75, 3.05) is 5.32 Å². The van der Waals surface area contributed by atoms with Crippen LogP contribution in [0.3, 0.4) is 0 Å². The van der Waals surface area contributed by atoms with Gasteiger partial charge in [-0.1, -0.05) is 23.7 Å². The van der Waals surface area contributed by atoms with Crippen LogP contribution in [-0.4, -0.2) is 25.8 Å². The fraction of sp³-hybridized carbons (Fsp3) is 0.364. The SMILES string of the molecule is CCC(CC(N)=NO)Nc1c(Cl)ccc2nsnc12. The fourth-order valence-corrected chi connectivity index (χ4v) is 2.51. The molecule has 2 rings (SSSR count). The van der Waals surface area contributed by atoms with Crippen molar-refractivity contribution in [1.82, 2.24) is 8.75 Å². The summed E-state index contributed by atoms with van der Waals surface area (Å²) in [7, 11) is 0. The second-order valence-corrected chi connectivity index (χ2v) is 5.03. The molecule has 4 N–H and O–H groups in total. The molecule has 102 valence electrons. The minimum atomic E-state index is 0.0145. The minimum Gasteiger partial charge on any atom is -0.409 e. The minimum absolute atomic E-state index is 0.0145. The number of hydrogen-bond acceptors (Lipinski definition) is 6. The van der Waals surface area contributed by atoms with Gasteiger partial charge in [-0.3, -0.25) is 0 Å². The summed E-state index contributed by atoms with van der Waals surface area (Å²) in [5, 5.41) is 15.5. The van der Waals surface area contributed by atoms with Crippen LogP contribution in [0, 0.1) is 0 Å². The van der Waals surface area contributed by atoms with E-state index < -0.39 is 0 Å². The summed E-state index contributed by atoms with van der Waals surface area (Å²) >= 11 is 7.34. The summed E-state index contributed by atoms with van der Waals surface area (Å²) in [5.74, 6) is 0.180. The molecule has 8 heteroatoms. The molecule has 6 nitrogen and oxygen atoms in total. The van der Waals surface area contributed by atoms with Crippen LogP contribution >= 0.6 is 23.3 Å². The largest absolute Gasteiger partial charge is 0.409 e. The number of halogens is 1. The number of anilines is 1. The van der Waals surface area contributed by atoms with Crippen LogP contribution in [-0.2, 0) is 0 Å². The molecule has 0 bridgehead atoms. The second kappa shape index (κ2) is 6.03. The molecule has 0 aliphatic rings. The first kappa shape index (κ1) is 13.8. The maximum absolute atomic E-state index is 8.63. The maximum Gasteiger partial charge on any atom is 0.141 e. The summed E-state index contributed by atoms with van der Waals surface area (Å²) in [5.41, 5.74) is 7.82. The third kappa shape index (κ3) is 3.05. The molecule has 1 aromatic heterocycles. The Bertz CT molecular complexity index is 600. The van der Waals surface area contributed by atoms with Crippen LogP contribution < -0.4 is 11.1 Å². The van der Waals surface area contributed by atoms with Crippen molar-refractivity contribution in [3.63, 3.8) is 0 Å². The van der Waals surface area contributed by atoms with Gasteiger partial charge in [-0.05, 0) is 18.6 Å². The van der Waals surface area contributed by atoms with Crippen molar-refractivity contribution in [3.05, 3.63) is 17.2 Å². The number of rotatable bonds is 5. The number of nitrogens with one attached hydrogen (secondary N) is 1. The number of amidine groups is 1. The van der Waals surface area contributed by atoms with E-state index in [4.69, 9.17) is 22.5 Å². The fourth-order valence-electron chi connectivity index (χ4n) is 1.76. The highest BCUT2D eigenvalue weighted by Crippen LogP contribution is 2.31. The first-order chi connectivity index (χ1) is 9.15. The van der Waals surface area contributed by atoms with Crippen molar-refractivity contribution in [3.8, 4) is 0 Å². The zero-order chi connectivity index (χ0) is 13.8. The number of nitrogens with zero attached hydrogens (tertiary/aromatic N) is 3. The molecule has 2 aromatic rings. The van der Waals surface area contributed by atoms with Gasteiger partial charge in [-0.15, -0.1) is 0 Å². The van der Waals surface area contributed by atoms with Gasteiger partial charge in [-0.2, -0.15) is 8.75 Å². The standard InChI is InChI=1S/C11H14ClN5OS/c1-2-6(5-9(13)15-18)14-10-7(12)3-4-8-11(10)17-19-16-8/h3-4,6,14,18H,2,5H2,1H3,(H2,13,15). The maximum atomic E-state index is 8.63. The molecule has 0 aliphatic heterocycles. The summed E-state index contributed by atoms with van der Waals surface area (Å²) in [6, 6.07) is 3.63. The lowest BCUT2D eigenvalue weighted by Gasteiger charge is -2.18. The molecule has 0 fully saturated rings. The van der Waals surface area contributed by atoms with Crippen molar-refractivity contribution in [2.45, 2.75) is 25.8 Å². The van der Waals surface area contributed by atoms with E-state index in [0.29, 0.717) is 11.4 Å². The van der Waals surface area contributed by atoms with Gasteiger partial charge >= 0.3 is 0 Å². The number of fused-ring (bicyclic) bond motifs is 1. The molecule has 0 spiro atoms. The highest BCUT2D eigenvalue weighted by atomic mass is 35.5. The summed E-state index contributed by atoms with van der Waals surface area (Å²) < 4.78 is 8.41. The monoisotopic (exact) mass is 299 g/mol. The highest BCUT2D eigenvalue weighted by molar-refractivity contribution is 7.00. The molecule has 1 atom stereocenters.